The van der Waals surface area contributed by atoms with Gasteiger partial charge in [0.1, 0.15) is 5.75 Å². The standard InChI is InChI=1S/C19H28N2O2/c1-3-23-17-9-7-16(8-10-17)14-20-12-5-4-6-19-18(20)11-13-21(19)15(2)22/h7-10,18-19H,3-6,11-14H2,1-2H3/t18-,19-/m1/s1. The Morgan fingerprint density at radius 2 is 1.91 bits per heavy atom. The van der Waals surface area contributed by atoms with Gasteiger partial charge >= 0.3 is 0 Å². The van der Waals surface area contributed by atoms with Gasteiger partial charge in [-0.15, -0.1) is 0 Å². The SMILES string of the molecule is CCOc1ccc(CN2CCCC[C@@H]3[C@H]2CCN3C(C)=O)cc1. The summed E-state index contributed by atoms with van der Waals surface area (Å²) in [6.45, 7) is 7.45. The van der Waals surface area contributed by atoms with Crippen molar-refractivity contribution in [1.82, 2.24) is 9.80 Å². The third kappa shape index (κ3) is 3.69. The van der Waals surface area contributed by atoms with Crippen LogP contribution < -0.4 is 4.74 Å². The van der Waals surface area contributed by atoms with E-state index in [9.17, 15) is 4.79 Å². The van der Waals surface area contributed by atoms with Crippen molar-refractivity contribution in [2.24, 2.45) is 0 Å². The van der Waals surface area contributed by atoms with E-state index in [1.54, 1.807) is 6.92 Å². The summed E-state index contributed by atoms with van der Waals surface area (Å²) in [5, 5.41) is 0. The molecule has 0 saturated carbocycles. The predicted octanol–water partition coefficient (Wildman–Crippen LogP) is 3.06. The van der Waals surface area contributed by atoms with E-state index in [1.807, 2.05) is 6.92 Å². The third-order valence-electron chi connectivity index (χ3n) is 5.20. The zero-order chi connectivity index (χ0) is 16.2. The number of amides is 1. The van der Waals surface area contributed by atoms with Gasteiger partial charge in [-0.05, 0) is 50.4 Å². The van der Waals surface area contributed by atoms with Gasteiger partial charge in [-0.25, -0.2) is 0 Å². The summed E-state index contributed by atoms with van der Waals surface area (Å²) in [5.74, 6) is 1.18. The lowest BCUT2D eigenvalue weighted by molar-refractivity contribution is -0.130. The molecule has 0 spiro atoms. The molecule has 4 heteroatoms. The lowest BCUT2D eigenvalue weighted by atomic mass is 10.0. The van der Waals surface area contributed by atoms with E-state index in [2.05, 4.69) is 34.1 Å². The molecule has 4 nitrogen and oxygen atoms in total. The van der Waals surface area contributed by atoms with Gasteiger partial charge in [0.25, 0.3) is 0 Å². The Kier molecular flexibility index (Phi) is 5.21. The first-order chi connectivity index (χ1) is 11.2. The van der Waals surface area contributed by atoms with Crippen molar-refractivity contribution in [1.29, 1.82) is 0 Å². The summed E-state index contributed by atoms with van der Waals surface area (Å²) >= 11 is 0. The van der Waals surface area contributed by atoms with E-state index in [1.165, 1.54) is 18.4 Å². The molecule has 23 heavy (non-hydrogen) atoms. The molecule has 2 aliphatic heterocycles. The first-order valence-electron chi connectivity index (χ1n) is 8.92. The maximum absolute atomic E-state index is 11.9. The number of fused-ring (bicyclic) bond motifs is 1. The summed E-state index contributed by atoms with van der Waals surface area (Å²) in [6.07, 6.45) is 4.73. The highest BCUT2D eigenvalue weighted by molar-refractivity contribution is 5.74. The highest BCUT2D eigenvalue weighted by Gasteiger charge is 2.39. The Balaban J connectivity index is 1.69. The van der Waals surface area contributed by atoms with Crippen molar-refractivity contribution in [2.45, 2.75) is 58.2 Å². The minimum Gasteiger partial charge on any atom is -0.494 e. The van der Waals surface area contributed by atoms with Gasteiger partial charge in [0.05, 0.1) is 6.61 Å². The van der Waals surface area contributed by atoms with Crippen LogP contribution in [0.3, 0.4) is 0 Å². The van der Waals surface area contributed by atoms with Gasteiger partial charge in [0, 0.05) is 32.1 Å². The molecule has 2 heterocycles. The largest absolute Gasteiger partial charge is 0.494 e. The minimum atomic E-state index is 0.236. The van der Waals surface area contributed by atoms with Gasteiger partial charge in [-0.2, -0.15) is 0 Å². The van der Waals surface area contributed by atoms with Crippen molar-refractivity contribution >= 4 is 5.91 Å². The molecule has 0 bridgehead atoms. The fourth-order valence-corrected chi connectivity index (χ4v) is 4.13. The van der Waals surface area contributed by atoms with Crippen LogP contribution in [0.15, 0.2) is 24.3 Å². The van der Waals surface area contributed by atoms with Crippen molar-refractivity contribution in [3.05, 3.63) is 29.8 Å². The Bertz CT molecular complexity index is 529. The van der Waals surface area contributed by atoms with E-state index >= 15 is 0 Å². The second-order valence-corrected chi connectivity index (χ2v) is 6.68. The van der Waals surface area contributed by atoms with Crippen LogP contribution in [0.4, 0.5) is 0 Å². The maximum Gasteiger partial charge on any atom is 0.219 e. The lowest BCUT2D eigenvalue weighted by Crippen LogP contribution is -2.44. The zero-order valence-corrected chi connectivity index (χ0v) is 14.3. The zero-order valence-electron chi connectivity index (χ0n) is 14.3. The molecule has 0 unspecified atom stereocenters. The van der Waals surface area contributed by atoms with Gasteiger partial charge in [0.2, 0.25) is 5.91 Å². The summed E-state index contributed by atoms with van der Waals surface area (Å²) in [7, 11) is 0. The second-order valence-electron chi connectivity index (χ2n) is 6.68. The molecule has 3 rings (SSSR count). The Morgan fingerprint density at radius 1 is 1.13 bits per heavy atom. The molecule has 2 atom stereocenters. The molecular formula is C19H28N2O2. The van der Waals surface area contributed by atoms with Gasteiger partial charge in [0.15, 0.2) is 0 Å². The summed E-state index contributed by atoms with van der Waals surface area (Å²) in [5.41, 5.74) is 1.33. The fourth-order valence-electron chi connectivity index (χ4n) is 4.13. The predicted molar refractivity (Wildman–Crippen MR) is 91.5 cm³/mol. The molecule has 0 aliphatic carbocycles. The van der Waals surface area contributed by atoms with E-state index in [0.29, 0.717) is 18.7 Å². The normalized spacial score (nSPS) is 25.0. The smallest absolute Gasteiger partial charge is 0.219 e. The number of rotatable bonds is 4. The van der Waals surface area contributed by atoms with Crippen LogP contribution in [-0.2, 0) is 11.3 Å². The maximum atomic E-state index is 11.9. The number of carbonyl (C=O) groups is 1. The second kappa shape index (κ2) is 7.35. The molecule has 2 saturated heterocycles. The first kappa shape index (κ1) is 16.3. The first-order valence-corrected chi connectivity index (χ1v) is 8.92. The summed E-state index contributed by atoms with van der Waals surface area (Å²) < 4.78 is 5.52. The van der Waals surface area contributed by atoms with Crippen LogP contribution in [0.2, 0.25) is 0 Å². The van der Waals surface area contributed by atoms with Crippen molar-refractivity contribution in [2.75, 3.05) is 19.7 Å². The monoisotopic (exact) mass is 316 g/mol. The van der Waals surface area contributed by atoms with E-state index < -0.39 is 0 Å². The van der Waals surface area contributed by atoms with Crippen molar-refractivity contribution < 1.29 is 9.53 Å². The number of hydrogen-bond acceptors (Lipinski definition) is 3. The van der Waals surface area contributed by atoms with Crippen LogP contribution >= 0.6 is 0 Å². The highest BCUT2D eigenvalue weighted by atomic mass is 16.5. The molecule has 2 fully saturated rings. The number of benzene rings is 1. The van der Waals surface area contributed by atoms with Crippen LogP contribution in [0.1, 0.15) is 45.1 Å². The van der Waals surface area contributed by atoms with Crippen LogP contribution in [0, 0.1) is 0 Å². The van der Waals surface area contributed by atoms with Crippen LogP contribution in [0.25, 0.3) is 0 Å². The van der Waals surface area contributed by atoms with Crippen LogP contribution in [0.5, 0.6) is 5.75 Å². The molecule has 0 N–H and O–H groups in total. The molecular weight excluding hydrogens is 288 g/mol. The number of likely N-dealkylation sites (tertiary alicyclic amines) is 2. The molecule has 126 valence electrons. The number of carbonyl (C=O) groups excluding carboxylic acids is 1. The molecule has 1 aromatic rings. The Hall–Kier alpha value is -1.55. The lowest BCUT2D eigenvalue weighted by Gasteiger charge is -2.32. The van der Waals surface area contributed by atoms with E-state index in [4.69, 9.17) is 4.74 Å². The molecule has 0 radical (unpaired) electrons. The number of hydrogen-bond donors (Lipinski definition) is 0. The highest BCUT2D eigenvalue weighted by Crippen LogP contribution is 2.31. The average Bonchev–Trinajstić information content (AvgIpc) is 2.87. The van der Waals surface area contributed by atoms with Crippen molar-refractivity contribution in [3.8, 4) is 5.75 Å². The summed E-state index contributed by atoms with van der Waals surface area (Å²) in [4.78, 5) is 16.6. The quantitative estimate of drug-likeness (QED) is 0.856. The average molecular weight is 316 g/mol. The molecule has 1 amide bonds. The number of nitrogens with zero attached hydrogens (tertiary/aromatic N) is 2. The molecule has 2 aliphatic rings. The molecule has 0 aromatic heterocycles. The third-order valence-corrected chi connectivity index (χ3v) is 5.20. The fraction of sp³-hybridized carbons (Fsp3) is 0.632. The molecule has 1 aromatic carbocycles. The summed E-state index contributed by atoms with van der Waals surface area (Å²) in [6, 6.07) is 9.39. The minimum absolute atomic E-state index is 0.236. The van der Waals surface area contributed by atoms with Gasteiger partial charge < -0.3 is 9.64 Å². The van der Waals surface area contributed by atoms with Crippen LogP contribution in [-0.4, -0.2) is 47.5 Å². The Morgan fingerprint density at radius 3 is 2.61 bits per heavy atom. The van der Waals surface area contributed by atoms with Gasteiger partial charge in [-0.3, -0.25) is 9.69 Å². The number of ether oxygens (including phenoxy) is 1. The Labute approximate surface area is 139 Å². The van der Waals surface area contributed by atoms with Gasteiger partial charge in [-0.1, -0.05) is 18.6 Å². The van der Waals surface area contributed by atoms with E-state index in [-0.39, 0.29) is 5.91 Å². The topological polar surface area (TPSA) is 32.8 Å². The van der Waals surface area contributed by atoms with Crippen molar-refractivity contribution in [3.63, 3.8) is 0 Å². The van der Waals surface area contributed by atoms with E-state index in [0.717, 1.165) is 38.2 Å².